The first kappa shape index (κ1) is 19.2. The van der Waals surface area contributed by atoms with Crippen molar-refractivity contribution in [2.24, 2.45) is 0 Å². The minimum atomic E-state index is -4.53. The number of fused-ring (bicyclic) bond motifs is 1. The van der Waals surface area contributed by atoms with Crippen LogP contribution in [0.3, 0.4) is 0 Å². The molecular formula is C17H20F3N3O2S. The molecular weight excluding hydrogens is 367 g/mol. The largest absolute Gasteiger partial charge is 0.598 e. The lowest BCUT2D eigenvalue weighted by Gasteiger charge is -2.28. The Morgan fingerprint density at radius 2 is 2.04 bits per heavy atom. The Balaban J connectivity index is 1.90. The molecule has 0 radical (unpaired) electrons. The standard InChI is InChI=1S/C17H20F3N3O2S/c1-16(2,3)26(24)23-12-6-4-5-11-14(12)25-15(22-11)10-7-8-21-13(9-10)17(18,19)20/h7-9,12,23H,4-6H2,1-3H3/t12-,26?/m0/s1. The minimum absolute atomic E-state index is 0.123. The van der Waals surface area contributed by atoms with Gasteiger partial charge in [0.2, 0.25) is 5.89 Å². The normalized spacial score (nSPS) is 19.3. The number of hydrogen-bond acceptors (Lipinski definition) is 5. The molecule has 1 unspecified atom stereocenters. The summed E-state index contributed by atoms with van der Waals surface area (Å²) >= 11 is -1.29. The molecule has 5 nitrogen and oxygen atoms in total. The fraction of sp³-hybridized carbons (Fsp3) is 0.529. The molecule has 2 aromatic rings. The third-order valence-corrected chi connectivity index (χ3v) is 5.66. The number of pyridine rings is 1. The quantitative estimate of drug-likeness (QED) is 0.800. The van der Waals surface area contributed by atoms with Gasteiger partial charge in [-0.3, -0.25) is 4.98 Å². The zero-order chi connectivity index (χ0) is 19.1. The van der Waals surface area contributed by atoms with Gasteiger partial charge in [-0.05, 0) is 52.2 Å². The number of rotatable bonds is 3. The number of alkyl halides is 3. The van der Waals surface area contributed by atoms with Gasteiger partial charge in [0.15, 0.2) is 0 Å². The molecule has 0 amide bonds. The Kier molecular flexibility index (Phi) is 5.06. The maximum atomic E-state index is 12.9. The molecule has 0 fully saturated rings. The number of aryl methyl sites for hydroxylation is 1. The van der Waals surface area contributed by atoms with Crippen molar-refractivity contribution < 1.29 is 22.1 Å². The van der Waals surface area contributed by atoms with E-state index < -0.39 is 28.0 Å². The van der Waals surface area contributed by atoms with Gasteiger partial charge in [0, 0.05) is 23.1 Å². The van der Waals surface area contributed by atoms with Crippen LogP contribution in [-0.4, -0.2) is 19.3 Å². The molecule has 26 heavy (non-hydrogen) atoms. The maximum Gasteiger partial charge on any atom is 0.433 e. The Bertz CT molecular complexity index is 786. The van der Waals surface area contributed by atoms with Gasteiger partial charge in [-0.25, -0.2) is 4.98 Å². The lowest BCUT2D eigenvalue weighted by Crippen LogP contribution is -2.41. The summed E-state index contributed by atoms with van der Waals surface area (Å²) in [5.74, 6) is 0.673. The number of hydrogen-bond donors (Lipinski definition) is 1. The van der Waals surface area contributed by atoms with Crippen LogP contribution in [0.2, 0.25) is 0 Å². The topological polar surface area (TPSA) is 74.0 Å². The maximum absolute atomic E-state index is 12.9. The minimum Gasteiger partial charge on any atom is -0.598 e. The predicted octanol–water partition coefficient (Wildman–Crippen LogP) is 4.18. The Labute approximate surface area is 152 Å². The molecule has 0 aliphatic heterocycles. The Morgan fingerprint density at radius 3 is 2.69 bits per heavy atom. The van der Waals surface area contributed by atoms with Crippen molar-refractivity contribution >= 4 is 11.4 Å². The number of aromatic nitrogens is 2. The fourth-order valence-electron chi connectivity index (χ4n) is 2.68. The van der Waals surface area contributed by atoms with Crippen LogP contribution >= 0.6 is 0 Å². The van der Waals surface area contributed by atoms with E-state index in [4.69, 9.17) is 4.42 Å². The van der Waals surface area contributed by atoms with Gasteiger partial charge in [0.1, 0.15) is 22.2 Å². The summed E-state index contributed by atoms with van der Waals surface area (Å²) in [6.07, 6.45) is -1.20. The lowest BCUT2D eigenvalue weighted by molar-refractivity contribution is -0.141. The molecule has 0 bridgehead atoms. The highest BCUT2D eigenvalue weighted by molar-refractivity contribution is 7.90. The van der Waals surface area contributed by atoms with E-state index in [1.54, 1.807) is 0 Å². The number of nitrogens with one attached hydrogen (secondary N) is 1. The first-order valence-corrected chi connectivity index (χ1v) is 9.42. The summed E-state index contributed by atoms with van der Waals surface area (Å²) in [6.45, 7) is 5.59. The second-order valence-corrected chi connectivity index (χ2v) is 9.20. The molecule has 1 N–H and O–H groups in total. The number of nitrogens with zero attached hydrogens (tertiary/aromatic N) is 2. The fourth-order valence-corrected chi connectivity index (χ4v) is 3.52. The molecule has 0 saturated heterocycles. The van der Waals surface area contributed by atoms with Gasteiger partial charge in [-0.15, -0.1) is 4.72 Å². The van der Waals surface area contributed by atoms with Crippen molar-refractivity contribution in [1.82, 2.24) is 14.7 Å². The molecule has 0 spiro atoms. The summed E-state index contributed by atoms with van der Waals surface area (Å²) in [5.41, 5.74) is -0.0767. The summed E-state index contributed by atoms with van der Waals surface area (Å²) in [6, 6.07) is 2.08. The van der Waals surface area contributed by atoms with Crippen LogP contribution in [0.25, 0.3) is 11.5 Å². The summed E-state index contributed by atoms with van der Waals surface area (Å²) in [7, 11) is 0. The Hall–Kier alpha value is -1.58. The second kappa shape index (κ2) is 6.86. The zero-order valence-corrected chi connectivity index (χ0v) is 15.5. The second-order valence-electron chi connectivity index (χ2n) is 7.20. The molecule has 1 aliphatic rings. The highest BCUT2D eigenvalue weighted by Crippen LogP contribution is 2.36. The van der Waals surface area contributed by atoms with Crippen molar-refractivity contribution in [2.75, 3.05) is 0 Å². The summed E-state index contributed by atoms with van der Waals surface area (Å²) < 4.78 is 59.4. The highest BCUT2D eigenvalue weighted by atomic mass is 32.2. The molecule has 0 aromatic carbocycles. The molecule has 2 aromatic heterocycles. The first-order chi connectivity index (χ1) is 12.1. The molecule has 9 heteroatoms. The lowest BCUT2D eigenvalue weighted by atomic mass is 9.98. The average Bonchev–Trinajstić information content (AvgIpc) is 2.98. The third-order valence-electron chi connectivity index (χ3n) is 4.05. The monoisotopic (exact) mass is 387 g/mol. The van der Waals surface area contributed by atoms with Crippen molar-refractivity contribution in [3.63, 3.8) is 0 Å². The van der Waals surface area contributed by atoms with Gasteiger partial charge in [-0.1, -0.05) is 0 Å². The summed E-state index contributed by atoms with van der Waals surface area (Å²) in [5, 5.41) is 0. The summed E-state index contributed by atoms with van der Waals surface area (Å²) in [4.78, 5) is 7.72. The van der Waals surface area contributed by atoms with E-state index in [9.17, 15) is 17.7 Å². The number of oxazole rings is 1. The van der Waals surface area contributed by atoms with Crippen LogP contribution in [0.4, 0.5) is 13.2 Å². The van der Waals surface area contributed by atoms with Crippen LogP contribution in [0.5, 0.6) is 0 Å². The van der Waals surface area contributed by atoms with Crippen LogP contribution in [-0.2, 0) is 24.0 Å². The number of halogens is 3. The first-order valence-electron chi connectivity index (χ1n) is 8.27. The van der Waals surface area contributed by atoms with Gasteiger partial charge in [0.05, 0.1) is 5.69 Å². The smallest absolute Gasteiger partial charge is 0.433 e. The van der Waals surface area contributed by atoms with Crippen molar-refractivity contribution in [2.45, 2.75) is 57.0 Å². The highest BCUT2D eigenvalue weighted by Gasteiger charge is 2.36. The van der Waals surface area contributed by atoms with E-state index in [2.05, 4.69) is 14.7 Å². The van der Waals surface area contributed by atoms with E-state index in [-0.39, 0.29) is 17.5 Å². The van der Waals surface area contributed by atoms with E-state index in [0.717, 1.165) is 25.1 Å². The van der Waals surface area contributed by atoms with Crippen LogP contribution in [0.1, 0.15) is 56.8 Å². The van der Waals surface area contributed by atoms with E-state index in [1.165, 1.54) is 6.07 Å². The van der Waals surface area contributed by atoms with Crippen molar-refractivity contribution in [3.8, 4) is 11.5 Å². The van der Waals surface area contributed by atoms with Gasteiger partial charge in [-0.2, -0.15) is 13.2 Å². The van der Waals surface area contributed by atoms with Crippen LogP contribution in [0.15, 0.2) is 22.7 Å². The molecule has 2 atom stereocenters. The average molecular weight is 387 g/mol. The van der Waals surface area contributed by atoms with E-state index >= 15 is 0 Å². The van der Waals surface area contributed by atoms with Crippen molar-refractivity contribution in [3.05, 3.63) is 35.5 Å². The third kappa shape index (κ3) is 4.05. The molecule has 3 rings (SSSR count). The molecule has 1 aliphatic carbocycles. The zero-order valence-electron chi connectivity index (χ0n) is 14.7. The van der Waals surface area contributed by atoms with E-state index in [0.29, 0.717) is 17.9 Å². The molecule has 0 saturated carbocycles. The van der Waals surface area contributed by atoms with Crippen molar-refractivity contribution in [1.29, 1.82) is 0 Å². The molecule has 2 heterocycles. The predicted molar refractivity (Wildman–Crippen MR) is 91.4 cm³/mol. The van der Waals surface area contributed by atoms with Gasteiger partial charge in [0.25, 0.3) is 0 Å². The van der Waals surface area contributed by atoms with E-state index in [1.807, 2.05) is 20.8 Å². The SMILES string of the molecule is CC(C)(C)[S+]([O-])N[C@H]1CCCc2nc(-c3ccnc(C(F)(F)F)c3)oc21. The molecule has 142 valence electrons. The van der Waals surface area contributed by atoms with Gasteiger partial charge >= 0.3 is 6.18 Å². The van der Waals surface area contributed by atoms with Gasteiger partial charge < -0.3 is 8.97 Å². The van der Waals surface area contributed by atoms with Crippen LogP contribution < -0.4 is 4.72 Å². The Morgan fingerprint density at radius 1 is 1.31 bits per heavy atom. The van der Waals surface area contributed by atoms with Crippen LogP contribution in [0, 0.1) is 0 Å².